The van der Waals surface area contributed by atoms with E-state index in [0.29, 0.717) is 10.8 Å². The Bertz CT molecular complexity index is 161. The number of rotatable bonds is 2. The Morgan fingerprint density at radius 3 is 3.12 bits per heavy atom. The number of carbonyl (C=O) groups is 1. The molecule has 0 spiro atoms. The summed E-state index contributed by atoms with van der Waals surface area (Å²) in [5.74, 6) is 0. The summed E-state index contributed by atoms with van der Waals surface area (Å²) >= 11 is 0.885. The van der Waals surface area contributed by atoms with Crippen LogP contribution in [0.5, 0.6) is 0 Å². The zero-order chi connectivity index (χ0) is 5.82. The van der Waals surface area contributed by atoms with E-state index in [1.165, 1.54) is 0 Å². The minimum Gasteiger partial charge on any atom is -0.290 e. The number of thioether (sulfide) groups is 1. The standard InChI is InChI=1S/C2H2N4OS/c7-1-8-2-3-5-6-4-2/h1H,(H,3,4,5,6). The number of carbonyl (C=O) groups excluding carboxylic acids is 1. The SMILES string of the molecule is O=CSc1nn[nH]n1. The maximum Gasteiger partial charge on any atom is 0.238 e. The third-order valence-electron chi connectivity index (χ3n) is 0.479. The van der Waals surface area contributed by atoms with Crippen molar-refractivity contribution in [1.82, 2.24) is 20.6 Å². The summed E-state index contributed by atoms with van der Waals surface area (Å²) in [6, 6.07) is 0. The van der Waals surface area contributed by atoms with Crippen molar-refractivity contribution in [3.05, 3.63) is 0 Å². The first-order valence-electron chi connectivity index (χ1n) is 1.77. The van der Waals surface area contributed by atoms with Gasteiger partial charge in [0, 0.05) is 0 Å². The molecule has 0 aliphatic rings. The van der Waals surface area contributed by atoms with Gasteiger partial charge in [-0.25, -0.2) is 0 Å². The topological polar surface area (TPSA) is 71.5 Å². The molecular formula is C2H2N4OS. The predicted octanol–water partition coefficient (Wildman–Crippen LogP) is -0.518. The predicted molar refractivity (Wildman–Crippen MR) is 26.8 cm³/mol. The maximum atomic E-state index is 9.71. The Morgan fingerprint density at radius 1 is 1.75 bits per heavy atom. The van der Waals surface area contributed by atoms with E-state index in [9.17, 15) is 4.79 Å². The van der Waals surface area contributed by atoms with Crippen molar-refractivity contribution in [3.63, 3.8) is 0 Å². The molecule has 1 rings (SSSR count). The van der Waals surface area contributed by atoms with Gasteiger partial charge >= 0.3 is 0 Å². The van der Waals surface area contributed by atoms with Gasteiger partial charge in [0.1, 0.15) is 0 Å². The fourth-order valence-corrected chi connectivity index (χ4v) is 0.513. The van der Waals surface area contributed by atoms with Crippen LogP contribution < -0.4 is 0 Å². The van der Waals surface area contributed by atoms with Crippen molar-refractivity contribution in [2.45, 2.75) is 5.16 Å². The van der Waals surface area contributed by atoms with Crippen LogP contribution in [0.15, 0.2) is 5.16 Å². The molecule has 0 saturated heterocycles. The van der Waals surface area contributed by atoms with Gasteiger partial charge in [0.2, 0.25) is 5.16 Å². The average molecular weight is 130 g/mol. The number of nitrogens with one attached hydrogen (secondary N) is 1. The summed E-state index contributed by atoms with van der Waals surface area (Å²) in [4.78, 5) is 9.71. The van der Waals surface area contributed by atoms with Crippen molar-refractivity contribution in [2.24, 2.45) is 0 Å². The summed E-state index contributed by atoms with van der Waals surface area (Å²) < 4.78 is 0. The van der Waals surface area contributed by atoms with Crippen LogP contribution in [-0.4, -0.2) is 26.2 Å². The third-order valence-corrected chi connectivity index (χ3v) is 0.959. The molecule has 0 radical (unpaired) electrons. The van der Waals surface area contributed by atoms with E-state index >= 15 is 0 Å². The second-order valence-corrected chi connectivity index (χ2v) is 1.70. The number of aromatic amines is 1. The number of H-pyrrole nitrogens is 1. The van der Waals surface area contributed by atoms with Crippen LogP contribution in [0.1, 0.15) is 0 Å². The van der Waals surface area contributed by atoms with E-state index in [-0.39, 0.29) is 0 Å². The highest BCUT2D eigenvalue weighted by Crippen LogP contribution is 2.02. The van der Waals surface area contributed by atoms with Gasteiger partial charge in [-0.1, -0.05) is 0 Å². The Hall–Kier alpha value is -0.910. The zero-order valence-corrected chi connectivity index (χ0v) is 4.55. The van der Waals surface area contributed by atoms with Crippen LogP contribution in [0.2, 0.25) is 0 Å². The maximum absolute atomic E-state index is 9.71. The van der Waals surface area contributed by atoms with Gasteiger partial charge in [-0.2, -0.15) is 5.21 Å². The molecule has 8 heavy (non-hydrogen) atoms. The van der Waals surface area contributed by atoms with Crippen LogP contribution in [0.3, 0.4) is 0 Å². The summed E-state index contributed by atoms with van der Waals surface area (Å²) in [6.07, 6.45) is 0. The first kappa shape index (κ1) is 5.23. The van der Waals surface area contributed by atoms with Crippen LogP contribution in [0.4, 0.5) is 0 Å². The normalized spacial score (nSPS) is 9.00. The molecule has 5 nitrogen and oxygen atoms in total. The molecule has 1 N–H and O–H groups in total. The highest BCUT2D eigenvalue weighted by atomic mass is 32.2. The highest BCUT2D eigenvalue weighted by Gasteiger charge is 1.92. The molecule has 1 aromatic rings. The Labute approximate surface area is 48.9 Å². The zero-order valence-electron chi connectivity index (χ0n) is 3.74. The van der Waals surface area contributed by atoms with Crippen molar-refractivity contribution in [3.8, 4) is 0 Å². The molecule has 0 aliphatic carbocycles. The fraction of sp³-hybridized carbons (Fsp3) is 0. The number of hydrogen-bond acceptors (Lipinski definition) is 5. The Kier molecular flexibility index (Phi) is 1.58. The molecule has 0 amide bonds. The molecular weight excluding hydrogens is 128 g/mol. The van der Waals surface area contributed by atoms with E-state index in [4.69, 9.17) is 0 Å². The van der Waals surface area contributed by atoms with Gasteiger partial charge < -0.3 is 0 Å². The van der Waals surface area contributed by atoms with Crippen molar-refractivity contribution in [1.29, 1.82) is 0 Å². The lowest BCUT2D eigenvalue weighted by molar-refractivity contribution is 0.570. The molecule has 0 aromatic carbocycles. The van der Waals surface area contributed by atoms with Gasteiger partial charge in [0.05, 0.1) is 0 Å². The number of hydrogen-bond donors (Lipinski definition) is 1. The highest BCUT2D eigenvalue weighted by molar-refractivity contribution is 8.11. The van der Waals surface area contributed by atoms with E-state index in [1.807, 2.05) is 0 Å². The van der Waals surface area contributed by atoms with Crippen molar-refractivity contribution >= 4 is 17.4 Å². The van der Waals surface area contributed by atoms with Crippen LogP contribution in [0, 0.1) is 0 Å². The lowest BCUT2D eigenvalue weighted by Gasteiger charge is -1.71. The van der Waals surface area contributed by atoms with Crippen molar-refractivity contribution < 1.29 is 4.79 Å². The molecule has 1 heterocycles. The van der Waals surface area contributed by atoms with Crippen LogP contribution in [-0.2, 0) is 4.79 Å². The van der Waals surface area contributed by atoms with E-state index in [1.54, 1.807) is 0 Å². The molecule has 42 valence electrons. The number of nitrogens with zero attached hydrogens (tertiary/aromatic N) is 3. The first-order chi connectivity index (χ1) is 3.93. The largest absolute Gasteiger partial charge is 0.290 e. The lowest BCUT2D eigenvalue weighted by atomic mass is 11.4. The summed E-state index contributed by atoms with van der Waals surface area (Å²) in [5, 5.41) is 12.8. The summed E-state index contributed by atoms with van der Waals surface area (Å²) in [7, 11) is 0. The Morgan fingerprint density at radius 2 is 2.62 bits per heavy atom. The van der Waals surface area contributed by atoms with Gasteiger partial charge in [0.15, 0.2) is 5.62 Å². The molecule has 0 unspecified atom stereocenters. The first-order valence-corrected chi connectivity index (χ1v) is 2.65. The smallest absolute Gasteiger partial charge is 0.238 e. The quantitative estimate of drug-likeness (QED) is 0.431. The molecule has 0 aliphatic heterocycles. The van der Waals surface area contributed by atoms with E-state index in [2.05, 4.69) is 20.6 Å². The van der Waals surface area contributed by atoms with Crippen molar-refractivity contribution in [2.75, 3.05) is 0 Å². The second kappa shape index (κ2) is 2.41. The molecule has 1 aromatic heterocycles. The number of tetrazole rings is 1. The minimum atomic E-state index is 0.347. The van der Waals surface area contributed by atoms with Gasteiger partial charge in [-0.05, 0) is 17.0 Å². The molecule has 0 atom stereocenters. The monoisotopic (exact) mass is 130 g/mol. The molecule has 0 bridgehead atoms. The van der Waals surface area contributed by atoms with Gasteiger partial charge in [-0.3, -0.25) is 4.79 Å². The molecule has 0 saturated carbocycles. The Balaban J connectivity index is 2.62. The van der Waals surface area contributed by atoms with Crippen LogP contribution >= 0.6 is 11.8 Å². The van der Waals surface area contributed by atoms with E-state index in [0.717, 1.165) is 11.8 Å². The van der Waals surface area contributed by atoms with Gasteiger partial charge in [0.25, 0.3) is 0 Å². The third kappa shape index (κ3) is 1.03. The molecule has 0 fully saturated rings. The van der Waals surface area contributed by atoms with Gasteiger partial charge in [-0.15, -0.1) is 10.2 Å². The molecule has 6 heteroatoms. The van der Waals surface area contributed by atoms with E-state index < -0.39 is 0 Å². The summed E-state index contributed by atoms with van der Waals surface area (Å²) in [6.45, 7) is 0. The second-order valence-electron chi connectivity index (χ2n) is 0.908. The minimum absolute atomic E-state index is 0.347. The number of aromatic nitrogens is 4. The lowest BCUT2D eigenvalue weighted by Crippen LogP contribution is -1.71. The summed E-state index contributed by atoms with van der Waals surface area (Å²) in [5.41, 5.74) is 0.644. The van der Waals surface area contributed by atoms with Crippen LogP contribution in [0.25, 0.3) is 0 Å². The average Bonchev–Trinajstić information content (AvgIpc) is 2.19. The fourth-order valence-electron chi connectivity index (χ4n) is 0.246.